The van der Waals surface area contributed by atoms with E-state index in [-0.39, 0.29) is 59.1 Å². The highest BCUT2D eigenvalue weighted by Gasteiger charge is 2.57. The van der Waals surface area contributed by atoms with Crippen molar-refractivity contribution in [3.05, 3.63) is 64.6 Å². The first-order valence-corrected chi connectivity index (χ1v) is 16.5. The summed E-state index contributed by atoms with van der Waals surface area (Å²) < 4.78 is 39.7. The Balaban J connectivity index is 1.16. The number of benzene rings is 2. The number of ketones is 1. The highest BCUT2D eigenvalue weighted by molar-refractivity contribution is 6.34. The van der Waals surface area contributed by atoms with Gasteiger partial charge in [-0.1, -0.05) is 29.8 Å². The molecule has 3 saturated heterocycles. The predicted molar refractivity (Wildman–Crippen MR) is 168 cm³/mol. The number of halogens is 2. The van der Waals surface area contributed by atoms with Gasteiger partial charge in [0.25, 0.3) is 5.91 Å². The third-order valence-corrected chi connectivity index (χ3v) is 10.2. The van der Waals surface area contributed by atoms with E-state index in [9.17, 15) is 19.5 Å². The topological polar surface area (TPSA) is 131 Å². The number of Topliss-reactive ketones (excluding diaryl/α,β-unsaturated/α-hetero) is 1. The molecule has 1 amide bonds. The van der Waals surface area contributed by atoms with Gasteiger partial charge in [0.05, 0.1) is 28.3 Å². The van der Waals surface area contributed by atoms with Crippen LogP contribution in [0, 0.1) is 11.7 Å². The van der Waals surface area contributed by atoms with Gasteiger partial charge in [-0.05, 0) is 62.3 Å². The normalized spacial score (nSPS) is 26.3. The van der Waals surface area contributed by atoms with Crippen LogP contribution in [0.2, 0.25) is 5.02 Å². The van der Waals surface area contributed by atoms with Gasteiger partial charge in [-0.25, -0.2) is 4.39 Å². The van der Waals surface area contributed by atoms with Gasteiger partial charge in [-0.2, -0.15) is 0 Å². The minimum atomic E-state index is -1.53. The average Bonchev–Trinajstić information content (AvgIpc) is 3.87. The number of likely N-dealkylation sites (tertiary alicyclic amines) is 2. The zero-order valence-corrected chi connectivity index (χ0v) is 26.5. The minimum Gasteiger partial charge on any atom is -0.481 e. The van der Waals surface area contributed by atoms with Gasteiger partial charge >= 0.3 is 5.97 Å². The van der Waals surface area contributed by atoms with Crippen LogP contribution in [0.15, 0.2) is 47.1 Å². The molecule has 47 heavy (non-hydrogen) atoms. The second-order valence-corrected chi connectivity index (χ2v) is 13.2. The summed E-state index contributed by atoms with van der Waals surface area (Å²) in [5.74, 6) is -4.35. The molecular weight excluding hydrogens is 633 g/mol. The molecular formula is C34H37ClFN3O8. The van der Waals surface area contributed by atoms with Crippen molar-refractivity contribution in [1.29, 1.82) is 0 Å². The van der Waals surface area contributed by atoms with Gasteiger partial charge < -0.3 is 29.1 Å². The first kappa shape index (κ1) is 32.2. The molecule has 1 saturated carbocycles. The lowest BCUT2D eigenvalue weighted by Gasteiger charge is -2.48. The van der Waals surface area contributed by atoms with E-state index in [1.807, 2.05) is 9.80 Å². The molecule has 2 N–H and O–H groups in total. The van der Waals surface area contributed by atoms with Crippen LogP contribution >= 0.6 is 11.6 Å². The Labute approximate surface area is 275 Å². The number of fused-ring (bicyclic) bond motifs is 2. The molecule has 4 aliphatic rings. The van der Waals surface area contributed by atoms with Crippen molar-refractivity contribution in [2.24, 2.45) is 5.92 Å². The molecule has 3 atom stereocenters. The summed E-state index contributed by atoms with van der Waals surface area (Å²) in [6.07, 6.45) is 3.85. The van der Waals surface area contributed by atoms with E-state index in [0.29, 0.717) is 62.8 Å². The molecule has 11 nitrogen and oxygen atoms in total. The van der Waals surface area contributed by atoms with Crippen LogP contribution in [0.4, 0.5) is 10.1 Å². The van der Waals surface area contributed by atoms with E-state index >= 15 is 4.39 Å². The summed E-state index contributed by atoms with van der Waals surface area (Å²) in [5, 5.41) is 12.9. The highest BCUT2D eigenvalue weighted by Crippen LogP contribution is 2.39. The summed E-state index contributed by atoms with van der Waals surface area (Å²) in [4.78, 5) is 43.4. The molecule has 1 unspecified atom stereocenters. The summed E-state index contributed by atoms with van der Waals surface area (Å²) in [6.45, 7) is 2.21. The maximum Gasteiger partial charge on any atom is 0.306 e. The number of nitrogens with zero attached hydrogens (tertiary/aromatic N) is 2. The summed E-state index contributed by atoms with van der Waals surface area (Å²) in [6, 6.07) is 9.57. The van der Waals surface area contributed by atoms with Crippen LogP contribution in [0.1, 0.15) is 54.4 Å². The summed E-state index contributed by atoms with van der Waals surface area (Å²) in [5.41, 5.74) is 0.960. The van der Waals surface area contributed by atoms with Crippen molar-refractivity contribution in [1.82, 2.24) is 9.80 Å². The summed E-state index contributed by atoms with van der Waals surface area (Å²) >= 11 is 6.59. The first-order valence-electron chi connectivity index (χ1n) is 16.2. The lowest BCUT2D eigenvalue weighted by Crippen LogP contribution is -2.68. The Morgan fingerprint density at radius 3 is 2.43 bits per heavy atom. The molecule has 0 radical (unpaired) electrons. The number of furan rings is 1. The van der Waals surface area contributed by atoms with Gasteiger partial charge in [-0.15, -0.1) is 0 Å². The van der Waals surface area contributed by atoms with Crippen LogP contribution in [0.25, 0.3) is 11.0 Å². The Morgan fingerprint density at radius 1 is 1.02 bits per heavy atom. The first-order chi connectivity index (χ1) is 22.7. The molecule has 1 aliphatic carbocycles. The van der Waals surface area contributed by atoms with E-state index < -0.39 is 29.5 Å². The third-order valence-electron chi connectivity index (χ3n) is 9.92. The molecule has 7 rings (SSSR count). The zero-order valence-electron chi connectivity index (χ0n) is 25.8. The molecule has 3 aromatic rings. The standard InChI is InChI=1S/C34H37ClFN3O8/c35-25-13-21(26(36)15-27(25)37-32(41)24-18-44-28-6-2-1-5-23(24)28)14-31(40)34(38-11-3-4-12-38,39-16-29-30(17-39)46-19-45-29)47-22-9-7-20(8-10-22)33(42)43/h1-2,5-6,13,15,18,20,22,29-30H,3-4,7-12,14,16-17,19H2,(H,37,41)(H,42,43)/t20-,22-,29-,30+,34?. The van der Waals surface area contributed by atoms with E-state index in [0.717, 1.165) is 18.9 Å². The van der Waals surface area contributed by atoms with Crippen molar-refractivity contribution in [2.75, 3.05) is 38.3 Å². The number of anilines is 1. The Bertz CT molecular complexity index is 1660. The molecule has 4 fully saturated rings. The van der Waals surface area contributed by atoms with Crippen molar-refractivity contribution in [3.8, 4) is 0 Å². The van der Waals surface area contributed by atoms with Crippen LogP contribution in [0.3, 0.4) is 0 Å². The van der Waals surface area contributed by atoms with Gasteiger partial charge in [0.15, 0.2) is 5.78 Å². The fourth-order valence-corrected chi connectivity index (χ4v) is 7.66. The lowest BCUT2D eigenvalue weighted by atomic mass is 9.87. The smallest absolute Gasteiger partial charge is 0.306 e. The zero-order chi connectivity index (χ0) is 32.7. The maximum atomic E-state index is 15.8. The Kier molecular flexibility index (Phi) is 9.07. The number of carbonyl (C=O) groups is 3. The number of para-hydroxylation sites is 1. The van der Waals surface area contributed by atoms with Crippen LogP contribution in [0.5, 0.6) is 0 Å². The SMILES string of the molecule is O=C(Nc1cc(F)c(CC(=O)C(O[C@H]2CC[C@H](C(=O)O)CC2)(N2CCCC2)N2C[C@@H]3OCO[C@@H]3C2)cc1Cl)c1coc2ccccc12. The number of carboxylic acids is 1. The molecule has 2 aromatic carbocycles. The van der Waals surface area contributed by atoms with Crippen molar-refractivity contribution >= 4 is 45.9 Å². The van der Waals surface area contributed by atoms with Crippen LogP contribution in [-0.2, 0) is 30.2 Å². The number of carboxylic acid groups (broad SMARTS) is 1. The second kappa shape index (κ2) is 13.3. The monoisotopic (exact) mass is 669 g/mol. The lowest BCUT2D eigenvalue weighted by molar-refractivity contribution is -0.255. The number of carbonyl (C=O) groups excluding carboxylic acids is 2. The van der Waals surface area contributed by atoms with E-state index in [4.69, 9.17) is 30.2 Å². The van der Waals surface area contributed by atoms with Gasteiger partial charge in [-0.3, -0.25) is 24.2 Å². The van der Waals surface area contributed by atoms with Gasteiger partial charge in [0.2, 0.25) is 5.85 Å². The number of hydrogen-bond acceptors (Lipinski definition) is 9. The fourth-order valence-electron chi connectivity index (χ4n) is 7.42. The third kappa shape index (κ3) is 6.18. The van der Waals surface area contributed by atoms with E-state index in [1.54, 1.807) is 24.3 Å². The van der Waals surface area contributed by atoms with E-state index in [1.165, 1.54) is 12.3 Å². The molecule has 0 spiro atoms. The van der Waals surface area contributed by atoms with Crippen molar-refractivity contribution < 1.29 is 42.5 Å². The molecule has 0 bridgehead atoms. The maximum absolute atomic E-state index is 15.8. The molecule has 4 heterocycles. The molecule has 3 aliphatic heterocycles. The molecule has 250 valence electrons. The number of hydrogen-bond donors (Lipinski definition) is 2. The highest BCUT2D eigenvalue weighted by atomic mass is 35.5. The van der Waals surface area contributed by atoms with E-state index in [2.05, 4.69) is 5.32 Å². The largest absolute Gasteiger partial charge is 0.481 e. The Hall–Kier alpha value is -3.39. The number of aliphatic carboxylic acids is 1. The molecule has 13 heteroatoms. The average molecular weight is 670 g/mol. The fraction of sp³-hybridized carbons (Fsp3) is 0.500. The second-order valence-electron chi connectivity index (χ2n) is 12.8. The van der Waals surface area contributed by atoms with Crippen LogP contribution < -0.4 is 5.32 Å². The van der Waals surface area contributed by atoms with Crippen molar-refractivity contribution in [3.63, 3.8) is 0 Å². The molecule has 1 aromatic heterocycles. The predicted octanol–water partition coefficient (Wildman–Crippen LogP) is 5.06. The number of amides is 1. The van der Waals surface area contributed by atoms with Crippen molar-refractivity contribution in [2.45, 2.75) is 69.1 Å². The summed E-state index contributed by atoms with van der Waals surface area (Å²) in [7, 11) is 0. The Morgan fingerprint density at radius 2 is 1.72 bits per heavy atom. The van der Waals surface area contributed by atoms with Gasteiger partial charge in [0, 0.05) is 38.0 Å². The number of ether oxygens (including phenoxy) is 3. The number of rotatable bonds is 10. The quantitative estimate of drug-likeness (QED) is 0.302. The minimum absolute atomic E-state index is 0.0644. The van der Waals surface area contributed by atoms with Gasteiger partial charge in [0.1, 0.15) is 36.7 Å². The number of nitrogens with one attached hydrogen (secondary N) is 1. The van der Waals surface area contributed by atoms with Crippen LogP contribution in [-0.4, -0.2) is 89.7 Å².